The predicted molar refractivity (Wildman–Crippen MR) is 113 cm³/mol. The van der Waals surface area contributed by atoms with Crippen LogP contribution in [0, 0.1) is 27.7 Å². The maximum atomic E-state index is 11.8. The summed E-state index contributed by atoms with van der Waals surface area (Å²) in [5, 5.41) is 0.975. The number of anilines is 1. The van der Waals surface area contributed by atoms with E-state index in [1.165, 1.54) is 0 Å². The fourth-order valence-corrected chi connectivity index (χ4v) is 3.07. The van der Waals surface area contributed by atoms with Crippen molar-refractivity contribution in [1.82, 2.24) is 15.4 Å². The van der Waals surface area contributed by atoms with E-state index in [1.54, 1.807) is 6.07 Å². The van der Waals surface area contributed by atoms with Crippen LogP contribution in [-0.2, 0) is 6.61 Å². The van der Waals surface area contributed by atoms with Gasteiger partial charge in [-0.05, 0) is 63.1 Å². The molecule has 152 valence electrons. The summed E-state index contributed by atoms with van der Waals surface area (Å²) in [6.07, 6.45) is 0. The summed E-state index contributed by atoms with van der Waals surface area (Å²) in [4.78, 5) is 19.7. The fourth-order valence-electron chi connectivity index (χ4n) is 3.07. The normalized spacial score (nSPS) is 10.7. The van der Waals surface area contributed by atoms with Crippen molar-refractivity contribution in [2.24, 2.45) is 11.7 Å². The van der Waals surface area contributed by atoms with Crippen LogP contribution < -0.4 is 26.9 Å². The second kappa shape index (κ2) is 8.34. The second-order valence-corrected chi connectivity index (χ2v) is 6.96. The Morgan fingerprint density at radius 1 is 1.17 bits per heavy atom. The molecular formula is C21H26N6O2. The number of nitrogens with zero attached hydrogens (tertiary/aromatic N) is 2. The predicted octanol–water partition coefficient (Wildman–Crippen LogP) is 3.15. The molecule has 1 aromatic heterocycles. The van der Waals surface area contributed by atoms with Crippen molar-refractivity contribution < 1.29 is 9.53 Å². The molecule has 0 saturated carbocycles. The lowest BCUT2D eigenvalue weighted by molar-refractivity contribution is 0.246. The highest BCUT2D eigenvalue weighted by Crippen LogP contribution is 2.28. The van der Waals surface area contributed by atoms with Gasteiger partial charge >= 0.3 is 6.03 Å². The number of benzene rings is 2. The summed E-state index contributed by atoms with van der Waals surface area (Å²) in [5.74, 6) is 12.7. The van der Waals surface area contributed by atoms with E-state index in [0.717, 1.165) is 50.2 Å². The number of hydrogen-bond donors (Lipinski definition) is 4. The van der Waals surface area contributed by atoms with Gasteiger partial charge in [0.2, 0.25) is 0 Å². The molecule has 1 heterocycles. The van der Waals surface area contributed by atoms with Gasteiger partial charge < -0.3 is 9.72 Å². The van der Waals surface area contributed by atoms with Gasteiger partial charge in [-0.15, -0.1) is 0 Å². The first-order valence-electron chi connectivity index (χ1n) is 9.22. The van der Waals surface area contributed by atoms with Crippen LogP contribution >= 0.6 is 0 Å². The summed E-state index contributed by atoms with van der Waals surface area (Å²) < 4.78 is 6.05. The van der Waals surface area contributed by atoms with E-state index in [0.29, 0.717) is 5.69 Å². The lowest BCUT2D eigenvalue weighted by Crippen LogP contribution is -2.48. The zero-order valence-corrected chi connectivity index (χ0v) is 17.0. The van der Waals surface area contributed by atoms with Crippen molar-refractivity contribution in [1.29, 1.82) is 0 Å². The zero-order valence-electron chi connectivity index (χ0n) is 17.0. The maximum absolute atomic E-state index is 11.8. The molecule has 0 aliphatic rings. The highest BCUT2D eigenvalue weighted by atomic mass is 16.5. The number of nitrogens with one attached hydrogen (secondary N) is 2. The summed E-state index contributed by atoms with van der Waals surface area (Å²) in [6, 6.07) is 10.8. The van der Waals surface area contributed by atoms with Crippen LogP contribution in [0.15, 0.2) is 36.4 Å². The van der Waals surface area contributed by atoms with Crippen LogP contribution in [0.3, 0.4) is 0 Å². The zero-order chi connectivity index (χ0) is 21.1. The van der Waals surface area contributed by atoms with Crippen LogP contribution in [0.2, 0.25) is 0 Å². The molecule has 3 rings (SSSR count). The summed E-state index contributed by atoms with van der Waals surface area (Å²) >= 11 is 0. The van der Waals surface area contributed by atoms with Gasteiger partial charge in [0.15, 0.2) is 0 Å². The maximum Gasteiger partial charge on any atom is 0.350 e. The number of hydrazine groups is 2. The Balaban J connectivity index is 1.83. The largest absolute Gasteiger partial charge is 0.489 e. The standard InChI is InChI=1S/C21H26N6O2/c1-12-6-5-7-18(27(23)21(28)26-22)17(12)11-29-19-9-8-16(10-13(19)2)20-24-14(3)15(4)25-20/h5-10H,11,22-23H2,1-4H3,(H,24,25)(H,26,28). The third kappa shape index (κ3) is 4.23. The Morgan fingerprint density at radius 3 is 2.55 bits per heavy atom. The molecule has 0 aliphatic carbocycles. The molecule has 0 spiro atoms. The molecule has 0 unspecified atom stereocenters. The Hall–Kier alpha value is -3.36. The van der Waals surface area contributed by atoms with Crippen LogP contribution in [0.4, 0.5) is 10.5 Å². The molecule has 3 aromatic rings. The van der Waals surface area contributed by atoms with Crippen molar-refractivity contribution >= 4 is 11.7 Å². The summed E-state index contributed by atoms with van der Waals surface area (Å²) in [5.41, 5.74) is 8.34. The summed E-state index contributed by atoms with van der Waals surface area (Å²) in [7, 11) is 0. The molecule has 6 N–H and O–H groups in total. The van der Waals surface area contributed by atoms with E-state index in [2.05, 4.69) is 9.97 Å². The first kappa shape index (κ1) is 20.4. The lowest BCUT2D eigenvalue weighted by atomic mass is 10.1. The van der Waals surface area contributed by atoms with Crippen molar-refractivity contribution in [2.45, 2.75) is 34.3 Å². The molecule has 0 aliphatic heterocycles. The van der Waals surface area contributed by atoms with Gasteiger partial charge in [0.05, 0.1) is 11.4 Å². The minimum atomic E-state index is -0.610. The van der Waals surface area contributed by atoms with E-state index < -0.39 is 6.03 Å². The number of H-pyrrole nitrogens is 1. The van der Waals surface area contributed by atoms with Gasteiger partial charge in [0.25, 0.3) is 0 Å². The smallest absolute Gasteiger partial charge is 0.350 e. The Morgan fingerprint density at radius 2 is 1.93 bits per heavy atom. The molecule has 29 heavy (non-hydrogen) atoms. The monoisotopic (exact) mass is 394 g/mol. The Kier molecular flexibility index (Phi) is 5.86. The first-order chi connectivity index (χ1) is 13.8. The Labute approximate surface area is 169 Å². The minimum Gasteiger partial charge on any atom is -0.489 e. The molecule has 0 atom stereocenters. The third-order valence-corrected chi connectivity index (χ3v) is 4.94. The van der Waals surface area contributed by atoms with Gasteiger partial charge in [0, 0.05) is 16.8 Å². The van der Waals surface area contributed by atoms with Gasteiger partial charge in [-0.2, -0.15) is 0 Å². The number of amides is 2. The molecule has 2 aromatic carbocycles. The van der Waals surface area contributed by atoms with E-state index in [4.69, 9.17) is 16.4 Å². The van der Waals surface area contributed by atoms with Gasteiger partial charge in [-0.25, -0.2) is 26.5 Å². The fraction of sp³-hybridized carbons (Fsp3) is 0.238. The minimum absolute atomic E-state index is 0.257. The van der Waals surface area contributed by atoms with Gasteiger partial charge in [0.1, 0.15) is 18.2 Å². The highest BCUT2D eigenvalue weighted by Gasteiger charge is 2.17. The van der Waals surface area contributed by atoms with Crippen LogP contribution in [-0.4, -0.2) is 16.0 Å². The topological polar surface area (TPSA) is 122 Å². The molecule has 8 nitrogen and oxygen atoms in total. The van der Waals surface area contributed by atoms with E-state index >= 15 is 0 Å². The number of aryl methyl sites for hydroxylation is 4. The number of carbonyl (C=O) groups is 1. The molecule has 2 amide bonds. The molecule has 0 bridgehead atoms. The van der Waals surface area contributed by atoms with Gasteiger partial charge in [-0.1, -0.05) is 12.1 Å². The molecule has 0 saturated heterocycles. The number of nitrogens with two attached hydrogens (primary N) is 2. The Bertz CT molecular complexity index is 1020. The van der Waals surface area contributed by atoms with Gasteiger partial charge in [-0.3, -0.25) is 5.43 Å². The van der Waals surface area contributed by atoms with Crippen molar-refractivity contribution in [2.75, 3.05) is 5.01 Å². The number of aromatic amines is 1. The number of hydrogen-bond acceptors (Lipinski definition) is 5. The lowest BCUT2D eigenvalue weighted by Gasteiger charge is -2.21. The molecule has 0 fully saturated rings. The number of carbonyl (C=O) groups excluding carboxylic acids is 1. The second-order valence-electron chi connectivity index (χ2n) is 6.96. The van der Waals surface area contributed by atoms with E-state index in [1.807, 2.05) is 63.5 Å². The molecule has 0 radical (unpaired) electrons. The summed E-state index contributed by atoms with van der Waals surface area (Å²) in [6.45, 7) is 8.16. The van der Waals surface area contributed by atoms with Crippen LogP contribution in [0.1, 0.15) is 28.1 Å². The number of rotatable bonds is 5. The van der Waals surface area contributed by atoms with Crippen molar-refractivity contribution in [3.63, 3.8) is 0 Å². The molecular weight excluding hydrogens is 368 g/mol. The van der Waals surface area contributed by atoms with E-state index in [-0.39, 0.29) is 6.61 Å². The number of ether oxygens (including phenoxy) is 1. The third-order valence-electron chi connectivity index (χ3n) is 4.94. The SMILES string of the molecule is Cc1cc(-c2nc(C)c(C)[nH]2)ccc1OCc1c(C)cccc1N(N)C(=O)NN. The first-order valence-corrected chi connectivity index (χ1v) is 9.22. The van der Waals surface area contributed by atoms with Crippen molar-refractivity contribution in [3.05, 3.63) is 64.5 Å². The number of urea groups is 1. The van der Waals surface area contributed by atoms with Crippen molar-refractivity contribution in [3.8, 4) is 17.1 Å². The molecule has 8 heteroatoms. The number of imidazole rings is 1. The quantitative estimate of drug-likeness (QED) is 0.301. The number of aromatic nitrogens is 2. The van der Waals surface area contributed by atoms with E-state index in [9.17, 15) is 4.79 Å². The van der Waals surface area contributed by atoms with Crippen LogP contribution in [0.5, 0.6) is 5.75 Å². The van der Waals surface area contributed by atoms with Crippen LogP contribution in [0.25, 0.3) is 11.4 Å². The highest BCUT2D eigenvalue weighted by molar-refractivity contribution is 5.91. The average Bonchev–Trinajstić information content (AvgIpc) is 3.05. The average molecular weight is 394 g/mol.